The lowest BCUT2D eigenvalue weighted by molar-refractivity contribution is -0.151. The third-order valence-electron chi connectivity index (χ3n) is 5.53. The molecular formula is C25H26F3N3O5. The highest BCUT2D eigenvalue weighted by Crippen LogP contribution is 2.30. The Labute approximate surface area is 205 Å². The van der Waals surface area contributed by atoms with Gasteiger partial charge in [-0.25, -0.2) is 0 Å². The van der Waals surface area contributed by atoms with Crippen molar-refractivity contribution in [2.24, 2.45) is 5.92 Å². The number of carbonyl (C=O) groups excluding carboxylic acids is 4. The van der Waals surface area contributed by atoms with Crippen LogP contribution >= 0.6 is 0 Å². The number of ether oxygens (including phenoxy) is 1. The van der Waals surface area contributed by atoms with Crippen molar-refractivity contribution >= 4 is 29.4 Å². The smallest absolute Gasteiger partial charge is 0.416 e. The lowest BCUT2D eigenvalue weighted by atomic mass is 9.87. The first-order chi connectivity index (χ1) is 16.7. The van der Waals surface area contributed by atoms with E-state index in [0.29, 0.717) is 5.56 Å². The summed E-state index contributed by atoms with van der Waals surface area (Å²) in [6.45, 7) is 5.24. The molecular weight excluding hydrogens is 479 g/mol. The molecule has 0 spiro atoms. The van der Waals surface area contributed by atoms with Gasteiger partial charge >= 0.3 is 12.1 Å². The summed E-state index contributed by atoms with van der Waals surface area (Å²) in [5.41, 5.74) is 2.72. The number of carbonyl (C=O) groups is 4. The standard InChI is InChI=1S/C25H26F3N3O5/c1-24(2,3)17-9-7-15(8-10-17)22(34)30-31-13-16(11-21(31)33)23(35)36-14-20(32)29-19-6-4-5-18(12-19)25(26,27)28/h4-10,12,16H,11,13-14H2,1-3H3,(H,29,32)(H,30,34)/t16-/m1/s1. The van der Waals surface area contributed by atoms with Crippen LogP contribution in [0.2, 0.25) is 0 Å². The van der Waals surface area contributed by atoms with Gasteiger partial charge in [0, 0.05) is 17.7 Å². The molecule has 0 aliphatic carbocycles. The highest BCUT2D eigenvalue weighted by Gasteiger charge is 2.37. The van der Waals surface area contributed by atoms with Crippen molar-refractivity contribution in [3.05, 3.63) is 65.2 Å². The van der Waals surface area contributed by atoms with Crippen LogP contribution in [0, 0.1) is 5.92 Å². The topological polar surface area (TPSA) is 105 Å². The Morgan fingerprint density at radius 1 is 1.03 bits per heavy atom. The summed E-state index contributed by atoms with van der Waals surface area (Å²) in [5.74, 6) is -3.60. The largest absolute Gasteiger partial charge is 0.455 e. The lowest BCUT2D eigenvalue weighted by Crippen LogP contribution is -2.43. The maximum atomic E-state index is 12.8. The Hall–Kier alpha value is -3.89. The predicted octanol–water partition coefficient (Wildman–Crippen LogP) is 3.68. The summed E-state index contributed by atoms with van der Waals surface area (Å²) in [5, 5.41) is 3.25. The van der Waals surface area contributed by atoms with E-state index in [0.717, 1.165) is 28.8 Å². The highest BCUT2D eigenvalue weighted by molar-refractivity contribution is 5.97. The third kappa shape index (κ3) is 6.83. The van der Waals surface area contributed by atoms with Crippen molar-refractivity contribution in [2.75, 3.05) is 18.5 Å². The van der Waals surface area contributed by atoms with Gasteiger partial charge in [-0.1, -0.05) is 39.0 Å². The zero-order valence-corrected chi connectivity index (χ0v) is 19.9. The molecule has 1 fully saturated rings. The molecule has 0 saturated carbocycles. The SMILES string of the molecule is CC(C)(C)c1ccc(C(=O)NN2C[C@H](C(=O)OCC(=O)Nc3cccc(C(F)(F)F)c3)CC2=O)cc1. The first-order valence-corrected chi connectivity index (χ1v) is 11.1. The number of esters is 1. The van der Waals surface area contributed by atoms with Gasteiger partial charge in [-0.05, 0) is 41.3 Å². The van der Waals surface area contributed by atoms with Gasteiger partial charge < -0.3 is 10.1 Å². The molecule has 0 radical (unpaired) electrons. The first-order valence-electron chi connectivity index (χ1n) is 11.1. The van der Waals surface area contributed by atoms with Crippen molar-refractivity contribution < 1.29 is 37.1 Å². The van der Waals surface area contributed by atoms with E-state index < -0.39 is 48.0 Å². The maximum absolute atomic E-state index is 12.8. The summed E-state index contributed by atoms with van der Waals surface area (Å²) in [7, 11) is 0. The van der Waals surface area contributed by atoms with E-state index in [1.165, 1.54) is 6.07 Å². The van der Waals surface area contributed by atoms with Crippen molar-refractivity contribution in [3.8, 4) is 0 Å². The van der Waals surface area contributed by atoms with Gasteiger partial charge in [-0.3, -0.25) is 29.6 Å². The summed E-state index contributed by atoms with van der Waals surface area (Å²) in [6.07, 6.45) is -4.79. The van der Waals surface area contributed by atoms with Crippen LogP contribution in [0.4, 0.5) is 18.9 Å². The predicted molar refractivity (Wildman–Crippen MR) is 123 cm³/mol. The maximum Gasteiger partial charge on any atom is 0.416 e. The Morgan fingerprint density at radius 3 is 2.31 bits per heavy atom. The molecule has 8 nitrogen and oxygen atoms in total. The summed E-state index contributed by atoms with van der Waals surface area (Å²) in [6, 6.07) is 11.0. The van der Waals surface area contributed by atoms with Gasteiger partial charge in [0.1, 0.15) is 0 Å². The average molecular weight is 505 g/mol. The minimum Gasteiger partial charge on any atom is -0.455 e. The van der Waals surface area contributed by atoms with Gasteiger partial charge in [0.2, 0.25) is 5.91 Å². The van der Waals surface area contributed by atoms with E-state index in [4.69, 9.17) is 4.74 Å². The molecule has 1 aliphatic rings. The van der Waals surface area contributed by atoms with E-state index in [1.54, 1.807) is 12.1 Å². The van der Waals surface area contributed by atoms with Crippen molar-refractivity contribution in [2.45, 2.75) is 38.8 Å². The molecule has 1 aliphatic heterocycles. The zero-order chi connectivity index (χ0) is 26.7. The van der Waals surface area contributed by atoms with Crippen LogP contribution in [0.5, 0.6) is 0 Å². The van der Waals surface area contributed by atoms with Crippen molar-refractivity contribution in [1.29, 1.82) is 0 Å². The van der Waals surface area contributed by atoms with Crippen LogP contribution in [0.1, 0.15) is 48.7 Å². The molecule has 3 rings (SSSR count). The van der Waals surface area contributed by atoms with Crippen LogP contribution in [0.25, 0.3) is 0 Å². The lowest BCUT2D eigenvalue weighted by Gasteiger charge is -2.20. The number of halogens is 3. The molecule has 192 valence electrons. The number of hydrogen-bond donors (Lipinski definition) is 2. The zero-order valence-electron chi connectivity index (χ0n) is 19.9. The fraction of sp³-hybridized carbons (Fsp3) is 0.360. The molecule has 2 N–H and O–H groups in total. The molecule has 2 aromatic carbocycles. The van der Waals surface area contributed by atoms with Crippen molar-refractivity contribution in [3.63, 3.8) is 0 Å². The first kappa shape index (κ1) is 26.7. The number of benzene rings is 2. The minimum absolute atomic E-state index is 0.0858. The monoisotopic (exact) mass is 505 g/mol. The van der Waals surface area contributed by atoms with E-state index in [-0.39, 0.29) is 24.1 Å². The quantitative estimate of drug-likeness (QED) is 0.583. The number of amides is 3. The molecule has 11 heteroatoms. The van der Waals surface area contributed by atoms with E-state index in [9.17, 15) is 32.3 Å². The molecule has 36 heavy (non-hydrogen) atoms. The number of nitrogens with zero attached hydrogens (tertiary/aromatic N) is 1. The van der Waals surface area contributed by atoms with E-state index in [1.807, 2.05) is 32.9 Å². The number of alkyl halides is 3. The second kappa shape index (κ2) is 10.4. The van der Waals surface area contributed by atoms with E-state index >= 15 is 0 Å². The molecule has 2 aromatic rings. The second-order valence-electron chi connectivity index (χ2n) is 9.41. The Bertz CT molecular complexity index is 1160. The molecule has 1 saturated heterocycles. The number of nitrogens with one attached hydrogen (secondary N) is 2. The van der Waals surface area contributed by atoms with Crippen LogP contribution in [-0.4, -0.2) is 41.9 Å². The Balaban J connectivity index is 1.49. The highest BCUT2D eigenvalue weighted by atomic mass is 19.4. The summed E-state index contributed by atoms with van der Waals surface area (Å²) in [4.78, 5) is 49.1. The fourth-order valence-corrected chi connectivity index (χ4v) is 3.51. The molecule has 1 atom stereocenters. The summed E-state index contributed by atoms with van der Waals surface area (Å²) < 4.78 is 43.3. The number of rotatable bonds is 6. The molecule has 1 heterocycles. The van der Waals surface area contributed by atoms with Crippen LogP contribution < -0.4 is 10.7 Å². The molecule has 3 amide bonds. The number of hydrazine groups is 1. The summed E-state index contributed by atoms with van der Waals surface area (Å²) >= 11 is 0. The van der Waals surface area contributed by atoms with Gasteiger partial charge in [0.25, 0.3) is 11.8 Å². The van der Waals surface area contributed by atoms with E-state index in [2.05, 4.69) is 10.7 Å². The molecule has 0 bridgehead atoms. The number of hydrogen-bond acceptors (Lipinski definition) is 5. The van der Waals surface area contributed by atoms with Crippen LogP contribution in [0.15, 0.2) is 48.5 Å². The third-order valence-corrected chi connectivity index (χ3v) is 5.53. The minimum atomic E-state index is -4.57. The normalized spacial score (nSPS) is 16.0. The fourth-order valence-electron chi connectivity index (χ4n) is 3.51. The Kier molecular flexibility index (Phi) is 7.71. The van der Waals surface area contributed by atoms with Crippen LogP contribution in [-0.2, 0) is 30.7 Å². The number of anilines is 1. The van der Waals surface area contributed by atoms with Gasteiger partial charge in [0.15, 0.2) is 6.61 Å². The average Bonchev–Trinajstić information content (AvgIpc) is 3.16. The van der Waals surface area contributed by atoms with Gasteiger partial charge in [0.05, 0.1) is 18.0 Å². The van der Waals surface area contributed by atoms with Gasteiger partial charge in [-0.2, -0.15) is 13.2 Å². The Morgan fingerprint density at radius 2 is 1.69 bits per heavy atom. The second-order valence-corrected chi connectivity index (χ2v) is 9.41. The van der Waals surface area contributed by atoms with Crippen molar-refractivity contribution in [1.82, 2.24) is 10.4 Å². The molecule has 0 unspecified atom stereocenters. The van der Waals surface area contributed by atoms with Gasteiger partial charge in [-0.15, -0.1) is 0 Å². The molecule has 0 aromatic heterocycles. The van der Waals surface area contributed by atoms with Crippen LogP contribution in [0.3, 0.4) is 0 Å².